The first-order chi connectivity index (χ1) is 8.86. The Balaban J connectivity index is 0.000000267. The second-order valence-corrected chi connectivity index (χ2v) is 3.98. The van der Waals surface area contributed by atoms with Gasteiger partial charge in [0.05, 0.1) is 0 Å². The molecule has 3 rings (SSSR count). The van der Waals surface area contributed by atoms with Crippen LogP contribution >= 0.6 is 0 Å². The van der Waals surface area contributed by atoms with Crippen molar-refractivity contribution in [2.75, 3.05) is 0 Å². The van der Waals surface area contributed by atoms with Gasteiger partial charge < -0.3 is 0 Å². The Morgan fingerprint density at radius 2 is 0.944 bits per heavy atom. The Morgan fingerprint density at radius 1 is 0.556 bits per heavy atom. The van der Waals surface area contributed by atoms with Crippen molar-refractivity contribution in [1.82, 2.24) is 0 Å². The maximum Gasteiger partial charge on any atom is -0.0105 e. The minimum atomic E-state index is 1.31. The first-order valence-corrected chi connectivity index (χ1v) is 5.97. The van der Waals surface area contributed by atoms with Crippen molar-refractivity contribution in [2.24, 2.45) is 0 Å². The molecule has 0 atom stereocenters. The first-order valence-electron chi connectivity index (χ1n) is 5.97. The standard InChI is InChI=1S/C14H10.C4H6/c1-3-7-13-11(5-1)9-10-12-6-2-4-8-14(12)13;1-3-4-2/h1-10H;3-4H,1-2H2. The van der Waals surface area contributed by atoms with Crippen molar-refractivity contribution < 1.29 is 0 Å². The van der Waals surface area contributed by atoms with Gasteiger partial charge in [0.15, 0.2) is 0 Å². The van der Waals surface area contributed by atoms with Crippen LogP contribution in [0.25, 0.3) is 21.5 Å². The average molecular weight is 232 g/mol. The summed E-state index contributed by atoms with van der Waals surface area (Å²) < 4.78 is 0. The van der Waals surface area contributed by atoms with Gasteiger partial charge in [-0.05, 0) is 21.5 Å². The van der Waals surface area contributed by atoms with E-state index in [9.17, 15) is 0 Å². The lowest BCUT2D eigenvalue weighted by Gasteiger charge is -2.02. The maximum absolute atomic E-state index is 3.36. The predicted molar refractivity (Wildman–Crippen MR) is 81.8 cm³/mol. The monoisotopic (exact) mass is 232 g/mol. The highest BCUT2D eigenvalue weighted by molar-refractivity contribution is 6.07. The van der Waals surface area contributed by atoms with E-state index in [1.54, 1.807) is 12.2 Å². The number of allylic oxidation sites excluding steroid dienone is 2. The molecule has 0 aromatic heterocycles. The van der Waals surface area contributed by atoms with Crippen LogP contribution in [0.2, 0.25) is 0 Å². The van der Waals surface area contributed by atoms with Crippen molar-refractivity contribution >= 4 is 21.5 Å². The van der Waals surface area contributed by atoms with Crippen molar-refractivity contribution in [3.05, 3.63) is 86.0 Å². The molecule has 0 saturated carbocycles. The molecular formula is C18H16. The van der Waals surface area contributed by atoms with E-state index in [2.05, 4.69) is 73.8 Å². The van der Waals surface area contributed by atoms with Gasteiger partial charge in [0.2, 0.25) is 0 Å². The van der Waals surface area contributed by atoms with Crippen LogP contribution in [0.15, 0.2) is 86.0 Å². The van der Waals surface area contributed by atoms with E-state index in [0.29, 0.717) is 0 Å². The minimum Gasteiger partial charge on any atom is -0.0991 e. The zero-order chi connectivity index (χ0) is 12.8. The molecule has 0 saturated heterocycles. The second kappa shape index (κ2) is 5.83. The number of benzene rings is 3. The van der Waals surface area contributed by atoms with E-state index >= 15 is 0 Å². The maximum atomic E-state index is 3.36. The van der Waals surface area contributed by atoms with Crippen LogP contribution in [0.3, 0.4) is 0 Å². The highest BCUT2D eigenvalue weighted by Crippen LogP contribution is 2.24. The van der Waals surface area contributed by atoms with Gasteiger partial charge in [0.25, 0.3) is 0 Å². The molecule has 0 amide bonds. The largest absolute Gasteiger partial charge is 0.0991 e. The molecule has 0 nitrogen and oxygen atoms in total. The summed E-state index contributed by atoms with van der Waals surface area (Å²) in [5.41, 5.74) is 0. The SMILES string of the molecule is C=CC=C.c1ccc2c(c1)ccc1ccccc12. The Labute approximate surface area is 108 Å². The summed E-state index contributed by atoms with van der Waals surface area (Å²) in [6, 6.07) is 21.4. The van der Waals surface area contributed by atoms with Gasteiger partial charge in [-0.2, -0.15) is 0 Å². The van der Waals surface area contributed by atoms with E-state index in [-0.39, 0.29) is 0 Å². The molecule has 0 heterocycles. The van der Waals surface area contributed by atoms with E-state index in [0.717, 1.165) is 0 Å². The number of rotatable bonds is 1. The summed E-state index contributed by atoms with van der Waals surface area (Å²) >= 11 is 0. The fraction of sp³-hybridized carbons (Fsp3) is 0. The fourth-order valence-corrected chi connectivity index (χ4v) is 1.95. The molecule has 0 N–H and O–H groups in total. The van der Waals surface area contributed by atoms with Gasteiger partial charge >= 0.3 is 0 Å². The zero-order valence-electron chi connectivity index (χ0n) is 10.3. The fourth-order valence-electron chi connectivity index (χ4n) is 1.95. The molecule has 0 spiro atoms. The predicted octanol–water partition coefficient (Wildman–Crippen LogP) is 5.35. The van der Waals surface area contributed by atoms with E-state index in [4.69, 9.17) is 0 Å². The topological polar surface area (TPSA) is 0 Å². The third-order valence-corrected chi connectivity index (χ3v) is 2.82. The van der Waals surface area contributed by atoms with Crippen LogP contribution in [0.4, 0.5) is 0 Å². The van der Waals surface area contributed by atoms with Gasteiger partial charge in [-0.3, -0.25) is 0 Å². The molecule has 0 aliphatic heterocycles. The molecule has 18 heavy (non-hydrogen) atoms. The van der Waals surface area contributed by atoms with E-state index < -0.39 is 0 Å². The van der Waals surface area contributed by atoms with Crippen molar-refractivity contribution in [3.8, 4) is 0 Å². The highest BCUT2D eigenvalue weighted by atomic mass is 14.0. The highest BCUT2D eigenvalue weighted by Gasteiger charge is 1.97. The van der Waals surface area contributed by atoms with Crippen LogP contribution in [-0.4, -0.2) is 0 Å². The van der Waals surface area contributed by atoms with Gasteiger partial charge in [-0.15, -0.1) is 0 Å². The number of fused-ring (bicyclic) bond motifs is 3. The third kappa shape index (κ3) is 2.49. The first kappa shape index (κ1) is 12.1. The molecule has 3 aromatic carbocycles. The zero-order valence-corrected chi connectivity index (χ0v) is 10.3. The Hall–Kier alpha value is -2.34. The quantitative estimate of drug-likeness (QED) is 0.392. The average Bonchev–Trinajstić information content (AvgIpc) is 2.47. The number of hydrogen-bond donors (Lipinski definition) is 0. The van der Waals surface area contributed by atoms with Gasteiger partial charge in [-0.1, -0.05) is 86.0 Å². The molecule has 0 aliphatic rings. The van der Waals surface area contributed by atoms with E-state index in [1.165, 1.54) is 21.5 Å². The molecule has 0 heteroatoms. The van der Waals surface area contributed by atoms with Crippen LogP contribution in [0, 0.1) is 0 Å². The molecule has 0 bridgehead atoms. The van der Waals surface area contributed by atoms with Crippen LogP contribution < -0.4 is 0 Å². The second-order valence-electron chi connectivity index (χ2n) is 3.98. The lowest BCUT2D eigenvalue weighted by molar-refractivity contribution is 1.76. The van der Waals surface area contributed by atoms with E-state index in [1.807, 2.05) is 0 Å². The molecule has 88 valence electrons. The van der Waals surface area contributed by atoms with Crippen molar-refractivity contribution in [2.45, 2.75) is 0 Å². The van der Waals surface area contributed by atoms with Gasteiger partial charge in [0.1, 0.15) is 0 Å². The minimum absolute atomic E-state index is 1.31. The van der Waals surface area contributed by atoms with Crippen LogP contribution in [0.5, 0.6) is 0 Å². The summed E-state index contributed by atoms with van der Waals surface area (Å²) in [5.74, 6) is 0. The summed E-state index contributed by atoms with van der Waals surface area (Å²) in [5, 5.41) is 5.30. The normalized spacial score (nSPS) is 9.56. The molecule has 0 fully saturated rings. The Bertz CT molecular complexity index is 617. The van der Waals surface area contributed by atoms with Gasteiger partial charge in [-0.25, -0.2) is 0 Å². The van der Waals surface area contributed by atoms with Gasteiger partial charge in [0, 0.05) is 0 Å². The Kier molecular flexibility index (Phi) is 3.93. The van der Waals surface area contributed by atoms with Crippen LogP contribution in [-0.2, 0) is 0 Å². The molecule has 0 unspecified atom stereocenters. The Morgan fingerprint density at radius 3 is 1.33 bits per heavy atom. The van der Waals surface area contributed by atoms with Crippen molar-refractivity contribution in [3.63, 3.8) is 0 Å². The third-order valence-electron chi connectivity index (χ3n) is 2.82. The number of hydrogen-bond acceptors (Lipinski definition) is 0. The summed E-state index contributed by atoms with van der Waals surface area (Å²) in [4.78, 5) is 0. The summed E-state index contributed by atoms with van der Waals surface area (Å²) in [7, 11) is 0. The lowest BCUT2D eigenvalue weighted by atomic mass is 10.0. The summed E-state index contributed by atoms with van der Waals surface area (Å²) in [6.07, 6.45) is 3.28. The molecule has 0 radical (unpaired) electrons. The molecular weight excluding hydrogens is 216 g/mol. The van der Waals surface area contributed by atoms with Crippen molar-refractivity contribution in [1.29, 1.82) is 0 Å². The summed E-state index contributed by atoms with van der Waals surface area (Å²) in [6.45, 7) is 6.72. The molecule has 3 aromatic rings. The smallest absolute Gasteiger partial charge is 0.0105 e. The molecule has 0 aliphatic carbocycles. The lowest BCUT2D eigenvalue weighted by Crippen LogP contribution is -1.75. The van der Waals surface area contributed by atoms with Crippen LogP contribution in [0.1, 0.15) is 0 Å².